The maximum absolute atomic E-state index is 11.1. The molecular weight excluding hydrogens is 140 g/mol. The Morgan fingerprint density at radius 1 is 1.82 bits per heavy atom. The molecule has 1 amide bonds. The van der Waals surface area contributed by atoms with Gasteiger partial charge in [-0.2, -0.15) is 0 Å². The van der Waals surface area contributed by atoms with Gasteiger partial charge < -0.3 is 10.6 Å². The van der Waals surface area contributed by atoms with Crippen molar-refractivity contribution < 1.29 is 4.79 Å². The number of nitrogens with zero attached hydrogens (tertiary/aromatic N) is 1. The summed E-state index contributed by atoms with van der Waals surface area (Å²) in [6.45, 7) is 2.99. The molecule has 0 aromatic rings. The predicted molar refractivity (Wildman–Crippen MR) is 43.8 cm³/mol. The van der Waals surface area contributed by atoms with Crippen LogP contribution < -0.4 is 5.73 Å². The van der Waals surface area contributed by atoms with Gasteiger partial charge in [-0.25, -0.2) is 0 Å². The fourth-order valence-corrected chi connectivity index (χ4v) is 1.34. The second kappa shape index (κ2) is 3.53. The van der Waals surface area contributed by atoms with Crippen molar-refractivity contribution in [2.45, 2.75) is 19.8 Å². The summed E-state index contributed by atoms with van der Waals surface area (Å²) in [6.07, 6.45) is 4.01. The van der Waals surface area contributed by atoms with Crippen LogP contribution in [-0.2, 0) is 4.79 Å². The van der Waals surface area contributed by atoms with Crippen LogP contribution in [0, 0.1) is 0 Å². The lowest BCUT2D eigenvalue weighted by Gasteiger charge is -2.18. The first-order valence-electron chi connectivity index (χ1n) is 3.99. The third-order valence-electron chi connectivity index (χ3n) is 1.92. The van der Waals surface area contributed by atoms with E-state index in [1.54, 1.807) is 4.90 Å². The smallest absolute Gasteiger partial charge is 0.240 e. The molecule has 0 atom stereocenters. The molecule has 0 aromatic heterocycles. The van der Waals surface area contributed by atoms with E-state index in [2.05, 4.69) is 6.08 Å². The van der Waals surface area contributed by atoms with Crippen molar-refractivity contribution in [1.29, 1.82) is 0 Å². The second-order valence-corrected chi connectivity index (χ2v) is 2.59. The van der Waals surface area contributed by atoms with E-state index in [0.29, 0.717) is 0 Å². The molecule has 1 rings (SSSR count). The van der Waals surface area contributed by atoms with E-state index in [1.807, 2.05) is 6.92 Å². The van der Waals surface area contributed by atoms with Crippen molar-refractivity contribution in [3.05, 3.63) is 11.8 Å². The van der Waals surface area contributed by atoms with Crippen molar-refractivity contribution in [1.82, 2.24) is 4.90 Å². The predicted octanol–water partition coefficient (Wildman–Crippen LogP) is 0.471. The van der Waals surface area contributed by atoms with Gasteiger partial charge in [-0.05, 0) is 12.8 Å². The summed E-state index contributed by atoms with van der Waals surface area (Å²) in [6, 6.07) is 0. The highest BCUT2D eigenvalue weighted by atomic mass is 16.2. The first kappa shape index (κ1) is 8.27. The highest BCUT2D eigenvalue weighted by Crippen LogP contribution is 2.16. The number of carbonyl (C=O) groups excluding carboxylic acids is 1. The Balaban J connectivity index is 2.59. The van der Waals surface area contributed by atoms with Crippen LogP contribution in [0.4, 0.5) is 0 Å². The van der Waals surface area contributed by atoms with Crippen LogP contribution >= 0.6 is 0 Å². The van der Waals surface area contributed by atoms with Crippen LogP contribution in [-0.4, -0.2) is 23.9 Å². The quantitative estimate of drug-likeness (QED) is 0.628. The van der Waals surface area contributed by atoms with E-state index >= 15 is 0 Å². The van der Waals surface area contributed by atoms with Crippen LogP contribution in [0.15, 0.2) is 11.8 Å². The van der Waals surface area contributed by atoms with Gasteiger partial charge in [0.2, 0.25) is 5.91 Å². The first-order chi connectivity index (χ1) is 5.29. The summed E-state index contributed by atoms with van der Waals surface area (Å²) in [5, 5.41) is 0. The van der Waals surface area contributed by atoms with Crippen molar-refractivity contribution in [2.75, 3.05) is 13.1 Å². The van der Waals surface area contributed by atoms with E-state index in [1.165, 1.54) is 0 Å². The molecule has 0 saturated heterocycles. The summed E-state index contributed by atoms with van der Waals surface area (Å²) in [4.78, 5) is 12.9. The third kappa shape index (κ3) is 1.60. The topological polar surface area (TPSA) is 46.3 Å². The Kier molecular flexibility index (Phi) is 2.65. The van der Waals surface area contributed by atoms with E-state index in [4.69, 9.17) is 5.73 Å². The number of carbonyl (C=O) groups is 1. The number of nitrogens with two attached hydrogens (primary N) is 1. The molecular formula is C8H14N2O. The van der Waals surface area contributed by atoms with E-state index in [9.17, 15) is 4.79 Å². The highest BCUT2D eigenvalue weighted by molar-refractivity contribution is 5.80. The lowest BCUT2D eigenvalue weighted by molar-refractivity contribution is -0.127. The van der Waals surface area contributed by atoms with Crippen LogP contribution in [0.1, 0.15) is 19.8 Å². The van der Waals surface area contributed by atoms with Gasteiger partial charge in [-0.1, -0.05) is 13.0 Å². The van der Waals surface area contributed by atoms with Gasteiger partial charge in [-0.15, -0.1) is 0 Å². The van der Waals surface area contributed by atoms with Gasteiger partial charge in [0.05, 0.1) is 6.54 Å². The number of rotatable bonds is 2. The van der Waals surface area contributed by atoms with Gasteiger partial charge in [-0.3, -0.25) is 4.79 Å². The first-order valence-corrected chi connectivity index (χ1v) is 3.99. The molecule has 0 aliphatic carbocycles. The fraction of sp³-hybridized carbons (Fsp3) is 0.625. The van der Waals surface area contributed by atoms with Gasteiger partial charge in [0.25, 0.3) is 0 Å². The van der Waals surface area contributed by atoms with Gasteiger partial charge in [0.1, 0.15) is 0 Å². The molecule has 3 heteroatoms. The fourth-order valence-electron chi connectivity index (χ4n) is 1.34. The van der Waals surface area contributed by atoms with Crippen LogP contribution in [0.3, 0.4) is 0 Å². The normalized spacial score (nSPS) is 16.9. The SMILES string of the molecule is CCC1=CCCN1C(=O)CN. The van der Waals surface area contributed by atoms with Gasteiger partial charge >= 0.3 is 0 Å². The Labute approximate surface area is 66.9 Å². The van der Waals surface area contributed by atoms with Crippen LogP contribution in [0.5, 0.6) is 0 Å². The molecule has 0 radical (unpaired) electrons. The van der Waals surface area contributed by atoms with Crippen molar-refractivity contribution >= 4 is 5.91 Å². The summed E-state index contributed by atoms with van der Waals surface area (Å²) in [5.74, 6) is 0.0376. The Hall–Kier alpha value is -0.830. The molecule has 0 bridgehead atoms. The number of hydrogen-bond acceptors (Lipinski definition) is 2. The Morgan fingerprint density at radius 3 is 3.09 bits per heavy atom. The molecule has 0 aromatic carbocycles. The summed E-state index contributed by atoms with van der Waals surface area (Å²) in [7, 11) is 0. The minimum atomic E-state index is 0.0376. The molecule has 1 aliphatic rings. The molecule has 2 N–H and O–H groups in total. The standard InChI is InChI=1S/C8H14N2O/c1-2-7-4-3-5-10(7)8(11)6-9/h4H,2-3,5-6,9H2,1H3. The lowest BCUT2D eigenvalue weighted by atomic mass is 10.3. The van der Waals surface area contributed by atoms with E-state index in [0.717, 1.165) is 25.1 Å². The van der Waals surface area contributed by atoms with Crippen molar-refractivity contribution in [3.8, 4) is 0 Å². The average molecular weight is 154 g/mol. The van der Waals surface area contributed by atoms with Crippen LogP contribution in [0.2, 0.25) is 0 Å². The zero-order valence-corrected chi connectivity index (χ0v) is 6.84. The molecule has 1 heterocycles. The van der Waals surface area contributed by atoms with Gasteiger partial charge in [0, 0.05) is 12.2 Å². The van der Waals surface area contributed by atoms with Gasteiger partial charge in [0.15, 0.2) is 0 Å². The summed E-state index contributed by atoms with van der Waals surface area (Å²) < 4.78 is 0. The minimum Gasteiger partial charge on any atom is -0.322 e. The summed E-state index contributed by atoms with van der Waals surface area (Å²) >= 11 is 0. The minimum absolute atomic E-state index is 0.0376. The zero-order chi connectivity index (χ0) is 8.27. The number of allylic oxidation sites excluding steroid dienone is 1. The van der Waals surface area contributed by atoms with Crippen molar-refractivity contribution in [3.63, 3.8) is 0 Å². The highest BCUT2D eigenvalue weighted by Gasteiger charge is 2.18. The van der Waals surface area contributed by atoms with Crippen molar-refractivity contribution in [2.24, 2.45) is 5.73 Å². The monoisotopic (exact) mass is 154 g/mol. The molecule has 62 valence electrons. The maximum Gasteiger partial charge on any atom is 0.240 e. The molecule has 0 spiro atoms. The molecule has 0 unspecified atom stereocenters. The Morgan fingerprint density at radius 2 is 2.55 bits per heavy atom. The average Bonchev–Trinajstić information content (AvgIpc) is 2.50. The van der Waals surface area contributed by atoms with Crippen LogP contribution in [0.25, 0.3) is 0 Å². The largest absolute Gasteiger partial charge is 0.322 e. The lowest BCUT2D eigenvalue weighted by Crippen LogP contribution is -2.33. The van der Waals surface area contributed by atoms with E-state index in [-0.39, 0.29) is 12.5 Å². The molecule has 0 fully saturated rings. The molecule has 3 nitrogen and oxygen atoms in total. The molecule has 11 heavy (non-hydrogen) atoms. The summed E-state index contributed by atoms with van der Waals surface area (Å²) in [5.41, 5.74) is 6.38. The maximum atomic E-state index is 11.1. The molecule has 1 aliphatic heterocycles. The number of hydrogen-bond donors (Lipinski definition) is 1. The van der Waals surface area contributed by atoms with E-state index < -0.39 is 0 Å². The third-order valence-corrected chi connectivity index (χ3v) is 1.92. The molecule has 0 saturated carbocycles. The Bertz CT molecular complexity index is 187. The second-order valence-electron chi connectivity index (χ2n) is 2.59. The zero-order valence-electron chi connectivity index (χ0n) is 6.84. The number of amides is 1.